The molecule has 1 heterocycles. The third-order valence-electron chi connectivity index (χ3n) is 2.13. The van der Waals surface area contributed by atoms with Crippen molar-refractivity contribution < 1.29 is 4.79 Å². The van der Waals surface area contributed by atoms with Gasteiger partial charge in [-0.2, -0.15) is 0 Å². The smallest absolute Gasteiger partial charge is 0.270 e. The molecule has 90 valence electrons. The summed E-state index contributed by atoms with van der Waals surface area (Å²) in [4.78, 5) is 15.9. The fourth-order valence-electron chi connectivity index (χ4n) is 1.16. The van der Waals surface area contributed by atoms with E-state index in [0.717, 1.165) is 11.4 Å². The Bertz CT molecular complexity index is 347. The lowest BCUT2D eigenvalue weighted by molar-refractivity contribution is 0.0948. The minimum Gasteiger partial charge on any atom is -0.351 e. The summed E-state index contributed by atoms with van der Waals surface area (Å²) in [5.41, 5.74) is 6.11. The van der Waals surface area contributed by atoms with Gasteiger partial charge < -0.3 is 11.1 Å². The lowest BCUT2D eigenvalue weighted by Crippen LogP contribution is -2.29. The van der Waals surface area contributed by atoms with Crippen LogP contribution in [0.4, 0.5) is 0 Å². The summed E-state index contributed by atoms with van der Waals surface area (Å²) in [6.07, 6.45) is 0.785. The lowest BCUT2D eigenvalue weighted by Gasteiger charge is -2.05. The van der Waals surface area contributed by atoms with Gasteiger partial charge in [-0.15, -0.1) is 11.3 Å². The van der Waals surface area contributed by atoms with Crippen LogP contribution in [0.5, 0.6) is 0 Å². The van der Waals surface area contributed by atoms with Crippen LogP contribution in [0.3, 0.4) is 0 Å². The van der Waals surface area contributed by atoms with Gasteiger partial charge in [0.25, 0.3) is 5.91 Å². The van der Waals surface area contributed by atoms with Crippen molar-refractivity contribution in [1.29, 1.82) is 0 Å². The number of hydrogen-bond acceptors (Lipinski definition) is 4. The van der Waals surface area contributed by atoms with E-state index in [9.17, 15) is 4.79 Å². The van der Waals surface area contributed by atoms with Crippen molar-refractivity contribution in [3.05, 3.63) is 16.1 Å². The first kappa shape index (κ1) is 13.1. The summed E-state index contributed by atoms with van der Waals surface area (Å²) < 4.78 is 0. The quantitative estimate of drug-likeness (QED) is 0.825. The summed E-state index contributed by atoms with van der Waals surface area (Å²) in [7, 11) is 0. The number of rotatable bonds is 5. The Kier molecular flexibility index (Phi) is 4.89. The fourth-order valence-corrected chi connectivity index (χ4v) is 1.98. The zero-order chi connectivity index (χ0) is 12.1. The topological polar surface area (TPSA) is 68.0 Å². The van der Waals surface area contributed by atoms with Crippen LogP contribution in [0.25, 0.3) is 0 Å². The molecule has 1 aromatic rings. The van der Waals surface area contributed by atoms with E-state index in [4.69, 9.17) is 5.73 Å². The van der Waals surface area contributed by atoms with Crippen LogP contribution in [0, 0.1) is 0 Å². The molecule has 0 aliphatic rings. The SMILES string of the molecule is CC(N)CCNC(=O)c1csc(C(C)C)n1. The Hall–Kier alpha value is -0.940. The molecule has 16 heavy (non-hydrogen) atoms. The van der Waals surface area contributed by atoms with Crippen molar-refractivity contribution in [2.75, 3.05) is 6.54 Å². The van der Waals surface area contributed by atoms with Crippen molar-refractivity contribution >= 4 is 17.2 Å². The lowest BCUT2D eigenvalue weighted by atomic mass is 10.2. The molecule has 5 heteroatoms. The second-order valence-corrected chi connectivity index (χ2v) is 5.14. The maximum absolute atomic E-state index is 11.7. The molecule has 1 aromatic heterocycles. The van der Waals surface area contributed by atoms with Gasteiger partial charge in [0.2, 0.25) is 0 Å². The first-order valence-electron chi connectivity index (χ1n) is 5.50. The zero-order valence-electron chi connectivity index (χ0n) is 9.99. The molecular formula is C11H19N3OS. The molecule has 1 rings (SSSR count). The van der Waals surface area contributed by atoms with Crippen LogP contribution >= 0.6 is 11.3 Å². The van der Waals surface area contributed by atoms with E-state index in [-0.39, 0.29) is 11.9 Å². The van der Waals surface area contributed by atoms with Crippen LogP contribution in [0.15, 0.2) is 5.38 Å². The largest absolute Gasteiger partial charge is 0.351 e. The average molecular weight is 241 g/mol. The van der Waals surface area contributed by atoms with Gasteiger partial charge in [-0.25, -0.2) is 4.98 Å². The second-order valence-electron chi connectivity index (χ2n) is 4.25. The Labute approximate surface area is 100 Å². The first-order valence-corrected chi connectivity index (χ1v) is 6.38. The van der Waals surface area contributed by atoms with E-state index in [1.165, 1.54) is 11.3 Å². The van der Waals surface area contributed by atoms with E-state index in [0.29, 0.717) is 18.2 Å². The van der Waals surface area contributed by atoms with Crippen LogP contribution in [0.1, 0.15) is 48.6 Å². The van der Waals surface area contributed by atoms with Crippen molar-refractivity contribution in [1.82, 2.24) is 10.3 Å². The molecule has 0 saturated heterocycles. The number of amides is 1. The van der Waals surface area contributed by atoms with Gasteiger partial charge in [0.15, 0.2) is 0 Å². The number of thiazole rings is 1. The molecule has 0 aromatic carbocycles. The monoisotopic (exact) mass is 241 g/mol. The number of carbonyl (C=O) groups excluding carboxylic acids is 1. The molecule has 1 atom stereocenters. The van der Waals surface area contributed by atoms with E-state index in [1.807, 2.05) is 6.92 Å². The number of nitrogens with one attached hydrogen (secondary N) is 1. The average Bonchev–Trinajstić information content (AvgIpc) is 2.65. The maximum atomic E-state index is 11.7. The summed E-state index contributed by atoms with van der Waals surface area (Å²) >= 11 is 1.53. The van der Waals surface area contributed by atoms with Gasteiger partial charge in [0.1, 0.15) is 5.69 Å². The molecule has 1 amide bonds. The van der Waals surface area contributed by atoms with Gasteiger partial charge in [-0.3, -0.25) is 4.79 Å². The molecule has 0 radical (unpaired) electrons. The number of carbonyl (C=O) groups is 1. The number of nitrogens with zero attached hydrogens (tertiary/aromatic N) is 1. The van der Waals surface area contributed by atoms with Crippen LogP contribution in [-0.2, 0) is 0 Å². The predicted molar refractivity (Wildman–Crippen MR) is 66.8 cm³/mol. The van der Waals surface area contributed by atoms with Gasteiger partial charge in [0.05, 0.1) is 5.01 Å². The molecule has 0 spiro atoms. The van der Waals surface area contributed by atoms with Crippen molar-refractivity contribution in [2.24, 2.45) is 5.73 Å². The van der Waals surface area contributed by atoms with Crippen molar-refractivity contribution in [3.8, 4) is 0 Å². The van der Waals surface area contributed by atoms with Gasteiger partial charge in [-0.05, 0) is 13.3 Å². The predicted octanol–water partition coefficient (Wildman–Crippen LogP) is 1.73. The fraction of sp³-hybridized carbons (Fsp3) is 0.636. The molecule has 0 aliphatic carbocycles. The van der Waals surface area contributed by atoms with Crippen LogP contribution in [-0.4, -0.2) is 23.5 Å². The normalized spacial score (nSPS) is 12.8. The van der Waals surface area contributed by atoms with Crippen LogP contribution in [0.2, 0.25) is 0 Å². The second kappa shape index (κ2) is 5.96. The molecule has 0 bridgehead atoms. The van der Waals surface area contributed by atoms with Crippen molar-refractivity contribution in [3.63, 3.8) is 0 Å². The van der Waals surface area contributed by atoms with Gasteiger partial charge in [-0.1, -0.05) is 13.8 Å². The highest BCUT2D eigenvalue weighted by molar-refractivity contribution is 7.09. The highest BCUT2D eigenvalue weighted by Crippen LogP contribution is 2.18. The van der Waals surface area contributed by atoms with Crippen molar-refractivity contribution in [2.45, 2.75) is 39.2 Å². The number of nitrogens with two attached hydrogens (primary N) is 1. The highest BCUT2D eigenvalue weighted by atomic mass is 32.1. The summed E-state index contributed by atoms with van der Waals surface area (Å²) in [6, 6.07) is 0.113. The highest BCUT2D eigenvalue weighted by Gasteiger charge is 2.11. The maximum Gasteiger partial charge on any atom is 0.270 e. The van der Waals surface area contributed by atoms with Crippen LogP contribution < -0.4 is 11.1 Å². The Morgan fingerprint density at radius 1 is 1.56 bits per heavy atom. The summed E-state index contributed by atoms with van der Waals surface area (Å²) in [6.45, 7) is 6.66. The standard InChI is InChI=1S/C11H19N3OS/c1-7(2)11-14-9(6-16-11)10(15)13-5-4-8(3)12/h6-8H,4-5,12H2,1-3H3,(H,13,15). The van der Waals surface area contributed by atoms with E-state index in [1.54, 1.807) is 5.38 Å². The molecule has 1 unspecified atom stereocenters. The molecular weight excluding hydrogens is 222 g/mol. The number of hydrogen-bond donors (Lipinski definition) is 2. The van der Waals surface area contributed by atoms with Gasteiger partial charge in [0, 0.05) is 23.9 Å². The zero-order valence-corrected chi connectivity index (χ0v) is 10.8. The van der Waals surface area contributed by atoms with E-state index >= 15 is 0 Å². The Morgan fingerprint density at radius 3 is 2.75 bits per heavy atom. The first-order chi connectivity index (χ1) is 7.50. The van der Waals surface area contributed by atoms with E-state index in [2.05, 4.69) is 24.1 Å². The molecule has 3 N–H and O–H groups in total. The minimum absolute atomic E-state index is 0.108. The third-order valence-corrected chi connectivity index (χ3v) is 3.28. The third kappa shape index (κ3) is 3.90. The Balaban J connectivity index is 2.46. The molecule has 0 fully saturated rings. The number of aromatic nitrogens is 1. The summed E-state index contributed by atoms with van der Waals surface area (Å²) in [5, 5.41) is 5.61. The molecule has 4 nitrogen and oxygen atoms in total. The van der Waals surface area contributed by atoms with E-state index < -0.39 is 0 Å². The molecule has 0 saturated carbocycles. The minimum atomic E-state index is -0.108. The Morgan fingerprint density at radius 2 is 2.25 bits per heavy atom. The van der Waals surface area contributed by atoms with Gasteiger partial charge >= 0.3 is 0 Å². The molecule has 0 aliphatic heterocycles. The summed E-state index contributed by atoms with van der Waals surface area (Å²) in [5.74, 6) is 0.263.